The number of carbonyl (C=O) groups is 1. The van der Waals surface area contributed by atoms with Crippen molar-refractivity contribution in [2.45, 2.75) is 43.7 Å². The number of hydrogen-bond donors (Lipinski definition) is 1. The van der Waals surface area contributed by atoms with Crippen LogP contribution in [0.5, 0.6) is 5.75 Å². The quantitative estimate of drug-likeness (QED) is 0.887. The number of hydrogen-bond acceptors (Lipinski definition) is 2. The summed E-state index contributed by atoms with van der Waals surface area (Å²) in [5.74, 6) is -1.33. The van der Waals surface area contributed by atoms with Gasteiger partial charge in [0.1, 0.15) is 5.82 Å². The van der Waals surface area contributed by atoms with E-state index in [0.29, 0.717) is 5.92 Å². The lowest BCUT2D eigenvalue weighted by Crippen LogP contribution is -2.46. The lowest BCUT2D eigenvalue weighted by atomic mass is 9.85. The molecular formula is C20H19F2NO2. The first-order valence-electron chi connectivity index (χ1n) is 8.59. The Hall–Kier alpha value is -2.43. The predicted octanol–water partition coefficient (Wildman–Crippen LogP) is 4.22. The Morgan fingerprint density at radius 3 is 2.24 bits per heavy atom. The molecule has 1 amide bonds. The lowest BCUT2D eigenvalue weighted by molar-refractivity contribution is 0.0571. The van der Waals surface area contributed by atoms with Crippen molar-refractivity contribution in [2.75, 3.05) is 0 Å². The van der Waals surface area contributed by atoms with Gasteiger partial charge in [-0.15, -0.1) is 0 Å². The fraction of sp³-hybridized carbons (Fsp3) is 0.350. The number of phenolic OH excluding ortho intramolecular Hbond substituents is 1. The summed E-state index contributed by atoms with van der Waals surface area (Å²) in [4.78, 5) is 14.7. The topological polar surface area (TPSA) is 40.5 Å². The predicted molar refractivity (Wildman–Crippen MR) is 89.4 cm³/mol. The van der Waals surface area contributed by atoms with E-state index in [-0.39, 0.29) is 29.4 Å². The molecule has 2 saturated heterocycles. The number of piperidine rings is 1. The van der Waals surface area contributed by atoms with Gasteiger partial charge in [0.25, 0.3) is 5.91 Å². The van der Waals surface area contributed by atoms with Crippen LogP contribution in [0, 0.1) is 11.6 Å². The van der Waals surface area contributed by atoms with Crippen LogP contribution >= 0.6 is 0 Å². The second-order valence-electron chi connectivity index (χ2n) is 6.98. The smallest absolute Gasteiger partial charge is 0.254 e. The van der Waals surface area contributed by atoms with Crippen molar-refractivity contribution in [3.8, 4) is 5.75 Å². The van der Waals surface area contributed by atoms with Crippen molar-refractivity contribution in [3.63, 3.8) is 0 Å². The Kier molecular flexibility index (Phi) is 3.94. The molecule has 2 aliphatic heterocycles. The van der Waals surface area contributed by atoms with Gasteiger partial charge in [-0.25, -0.2) is 8.78 Å². The summed E-state index contributed by atoms with van der Waals surface area (Å²) in [6.07, 6.45) is 3.56. The average molecular weight is 343 g/mol. The minimum Gasteiger partial charge on any atom is -0.505 e. The van der Waals surface area contributed by atoms with Gasteiger partial charge in [0.15, 0.2) is 11.6 Å². The van der Waals surface area contributed by atoms with Crippen molar-refractivity contribution in [2.24, 2.45) is 0 Å². The molecule has 3 nitrogen and oxygen atoms in total. The molecule has 0 radical (unpaired) electrons. The zero-order valence-electron chi connectivity index (χ0n) is 13.7. The number of nitrogens with zero attached hydrogens (tertiary/aromatic N) is 1. The molecule has 2 aromatic carbocycles. The SMILES string of the molecule is O=C(c1ccc(O)c(F)c1)N1[C@@H]2CC[C@H]1C[C@@H](c1ccc(F)cc1)C2. The molecule has 3 atom stereocenters. The van der Waals surface area contributed by atoms with E-state index in [4.69, 9.17) is 0 Å². The van der Waals surface area contributed by atoms with Gasteiger partial charge >= 0.3 is 0 Å². The summed E-state index contributed by atoms with van der Waals surface area (Å²) in [6.45, 7) is 0. The number of benzene rings is 2. The van der Waals surface area contributed by atoms with Gasteiger partial charge < -0.3 is 10.0 Å². The first-order chi connectivity index (χ1) is 12.0. The molecule has 2 aromatic rings. The standard InChI is InChI=1S/C20H19F2NO2/c21-15-4-1-12(2-5-15)14-9-16-6-7-17(10-14)23(16)20(25)13-3-8-19(24)18(22)11-13/h1-5,8,11,14,16-17,24H,6-7,9-10H2/t14-,16+,17-. The zero-order chi connectivity index (χ0) is 17.6. The second kappa shape index (κ2) is 6.14. The molecule has 0 spiro atoms. The van der Waals surface area contributed by atoms with E-state index < -0.39 is 11.6 Å². The highest BCUT2D eigenvalue weighted by atomic mass is 19.1. The summed E-state index contributed by atoms with van der Waals surface area (Å²) >= 11 is 0. The van der Waals surface area contributed by atoms with Crippen molar-refractivity contribution < 1.29 is 18.7 Å². The van der Waals surface area contributed by atoms with Gasteiger partial charge in [-0.05, 0) is 67.5 Å². The van der Waals surface area contributed by atoms with Gasteiger partial charge in [-0.2, -0.15) is 0 Å². The Bertz CT molecular complexity index is 792. The first kappa shape index (κ1) is 16.1. The zero-order valence-corrected chi connectivity index (χ0v) is 13.7. The molecule has 4 rings (SSSR count). The Balaban J connectivity index is 1.55. The minimum atomic E-state index is -0.778. The third-order valence-corrected chi connectivity index (χ3v) is 5.50. The van der Waals surface area contributed by atoms with Crippen LogP contribution < -0.4 is 0 Å². The van der Waals surface area contributed by atoms with Crippen LogP contribution in [0.2, 0.25) is 0 Å². The van der Waals surface area contributed by atoms with Crippen LogP contribution in [0.25, 0.3) is 0 Å². The fourth-order valence-electron chi connectivity index (χ4n) is 4.30. The van der Waals surface area contributed by atoms with Crippen LogP contribution in [0.4, 0.5) is 8.78 Å². The largest absolute Gasteiger partial charge is 0.505 e. The lowest BCUT2D eigenvalue weighted by Gasteiger charge is -2.39. The molecule has 1 N–H and O–H groups in total. The fourth-order valence-corrected chi connectivity index (χ4v) is 4.30. The van der Waals surface area contributed by atoms with Gasteiger partial charge in [0.05, 0.1) is 0 Å². The Morgan fingerprint density at radius 1 is 1.00 bits per heavy atom. The van der Waals surface area contributed by atoms with E-state index in [0.717, 1.165) is 37.3 Å². The van der Waals surface area contributed by atoms with Crippen LogP contribution in [0.1, 0.15) is 47.5 Å². The van der Waals surface area contributed by atoms with E-state index in [9.17, 15) is 18.7 Å². The van der Waals surface area contributed by atoms with E-state index in [1.54, 1.807) is 0 Å². The molecule has 0 saturated carbocycles. The maximum absolute atomic E-state index is 13.6. The molecular weight excluding hydrogens is 324 g/mol. The molecule has 2 fully saturated rings. The average Bonchev–Trinajstić information content (AvgIpc) is 2.87. The van der Waals surface area contributed by atoms with Gasteiger partial charge in [-0.1, -0.05) is 12.1 Å². The highest BCUT2D eigenvalue weighted by Crippen LogP contribution is 2.43. The van der Waals surface area contributed by atoms with Crippen LogP contribution in [-0.2, 0) is 0 Å². The summed E-state index contributed by atoms with van der Waals surface area (Å²) in [5, 5.41) is 9.31. The van der Waals surface area contributed by atoms with Crippen LogP contribution in [0.3, 0.4) is 0 Å². The molecule has 0 aromatic heterocycles. The Labute approximate surface area is 144 Å². The summed E-state index contributed by atoms with van der Waals surface area (Å²) in [5.41, 5.74) is 1.38. The minimum absolute atomic E-state index is 0.123. The highest BCUT2D eigenvalue weighted by Gasteiger charge is 2.43. The third kappa shape index (κ3) is 2.88. The molecule has 2 heterocycles. The number of aromatic hydroxyl groups is 1. The molecule has 0 unspecified atom stereocenters. The van der Waals surface area contributed by atoms with E-state index in [1.165, 1.54) is 24.3 Å². The monoisotopic (exact) mass is 343 g/mol. The number of carbonyl (C=O) groups excluding carboxylic acids is 1. The Morgan fingerprint density at radius 2 is 1.64 bits per heavy atom. The molecule has 0 aliphatic carbocycles. The summed E-state index contributed by atoms with van der Waals surface area (Å²) < 4.78 is 26.7. The van der Waals surface area contributed by atoms with Crippen molar-refractivity contribution in [1.82, 2.24) is 4.90 Å². The number of fused-ring (bicyclic) bond motifs is 2. The number of phenols is 1. The second-order valence-corrected chi connectivity index (χ2v) is 6.98. The van der Waals surface area contributed by atoms with Crippen molar-refractivity contribution >= 4 is 5.91 Å². The summed E-state index contributed by atoms with van der Waals surface area (Å²) in [7, 11) is 0. The molecule has 130 valence electrons. The van der Waals surface area contributed by atoms with Crippen molar-refractivity contribution in [1.29, 1.82) is 0 Å². The number of halogens is 2. The summed E-state index contributed by atoms with van der Waals surface area (Å²) in [6, 6.07) is 10.6. The van der Waals surface area contributed by atoms with Gasteiger partial charge in [0.2, 0.25) is 0 Å². The number of amides is 1. The highest BCUT2D eigenvalue weighted by molar-refractivity contribution is 5.95. The maximum Gasteiger partial charge on any atom is 0.254 e. The van der Waals surface area contributed by atoms with Gasteiger partial charge in [0, 0.05) is 17.6 Å². The van der Waals surface area contributed by atoms with E-state index >= 15 is 0 Å². The molecule has 25 heavy (non-hydrogen) atoms. The third-order valence-electron chi connectivity index (χ3n) is 5.50. The van der Waals surface area contributed by atoms with Crippen LogP contribution in [-0.4, -0.2) is 28.0 Å². The number of rotatable bonds is 2. The van der Waals surface area contributed by atoms with E-state index in [1.807, 2.05) is 17.0 Å². The van der Waals surface area contributed by atoms with Crippen LogP contribution in [0.15, 0.2) is 42.5 Å². The van der Waals surface area contributed by atoms with Crippen molar-refractivity contribution in [3.05, 3.63) is 65.2 Å². The molecule has 2 bridgehead atoms. The van der Waals surface area contributed by atoms with Gasteiger partial charge in [-0.3, -0.25) is 4.79 Å². The first-order valence-corrected chi connectivity index (χ1v) is 8.59. The van der Waals surface area contributed by atoms with E-state index in [2.05, 4.69) is 0 Å². The normalized spacial score (nSPS) is 25.2. The molecule has 2 aliphatic rings. The maximum atomic E-state index is 13.6. The molecule has 5 heteroatoms.